The van der Waals surface area contributed by atoms with Crippen LogP contribution in [0.2, 0.25) is 0 Å². The number of carbonyl (C=O) groups is 1. The molecular weight excluding hydrogens is 316 g/mol. The molecule has 1 aromatic carbocycles. The summed E-state index contributed by atoms with van der Waals surface area (Å²) in [5.74, 6) is 0.973. The predicted octanol–water partition coefficient (Wildman–Crippen LogP) is 1.38. The third kappa shape index (κ3) is 5.42. The number of carbonyl (C=O) groups excluding carboxylic acids is 1. The molecule has 1 saturated carbocycles. The Morgan fingerprint density at radius 3 is 2.56 bits per heavy atom. The number of ether oxygens (including phenoxy) is 1. The molecule has 3 rings (SSSR count). The molecule has 1 aliphatic carbocycles. The molecule has 25 heavy (non-hydrogen) atoms. The van der Waals surface area contributed by atoms with Crippen molar-refractivity contribution in [1.29, 1.82) is 0 Å². The summed E-state index contributed by atoms with van der Waals surface area (Å²) >= 11 is 0. The van der Waals surface area contributed by atoms with Crippen molar-refractivity contribution in [3.05, 3.63) is 24.3 Å². The minimum Gasteiger partial charge on any atom is -0.492 e. The molecule has 1 heterocycles. The van der Waals surface area contributed by atoms with E-state index < -0.39 is 0 Å². The zero-order valence-electron chi connectivity index (χ0n) is 15.1. The highest BCUT2D eigenvalue weighted by atomic mass is 16.5. The summed E-state index contributed by atoms with van der Waals surface area (Å²) in [6, 6.07) is 7.81. The van der Waals surface area contributed by atoms with E-state index in [1.54, 1.807) is 0 Å². The van der Waals surface area contributed by atoms with E-state index in [1.165, 1.54) is 0 Å². The number of nitrogens with two attached hydrogens (primary N) is 1. The molecule has 2 atom stereocenters. The lowest BCUT2D eigenvalue weighted by Gasteiger charge is -2.32. The van der Waals surface area contributed by atoms with Gasteiger partial charge in [0.15, 0.2) is 0 Å². The quantitative estimate of drug-likeness (QED) is 0.814. The van der Waals surface area contributed by atoms with Crippen LogP contribution in [0.25, 0.3) is 0 Å². The lowest BCUT2D eigenvalue weighted by molar-refractivity contribution is -0.119. The van der Waals surface area contributed by atoms with Crippen LogP contribution in [0.5, 0.6) is 5.75 Å². The van der Waals surface area contributed by atoms with Crippen LogP contribution in [0.4, 0.5) is 5.69 Å². The van der Waals surface area contributed by atoms with Crippen molar-refractivity contribution in [2.24, 2.45) is 11.7 Å². The summed E-state index contributed by atoms with van der Waals surface area (Å²) in [5.41, 5.74) is 6.70. The van der Waals surface area contributed by atoms with Gasteiger partial charge < -0.3 is 20.7 Å². The van der Waals surface area contributed by atoms with E-state index in [1.807, 2.05) is 24.3 Å². The second kappa shape index (κ2) is 8.65. The molecule has 1 aliphatic heterocycles. The van der Waals surface area contributed by atoms with E-state index in [-0.39, 0.29) is 17.9 Å². The van der Waals surface area contributed by atoms with E-state index >= 15 is 0 Å². The van der Waals surface area contributed by atoms with Gasteiger partial charge in [-0.3, -0.25) is 9.69 Å². The number of anilines is 1. The van der Waals surface area contributed by atoms with Crippen LogP contribution in [0.15, 0.2) is 24.3 Å². The van der Waals surface area contributed by atoms with Gasteiger partial charge in [0.25, 0.3) is 0 Å². The van der Waals surface area contributed by atoms with Crippen LogP contribution in [-0.4, -0.2) is 68.1 Å². The highest BCUT2D eigenvalue weighted by molar-refractivity contribution is 5.92. The van der Waals surface area contributed by atoms with Gasteiger partial charge in [0.05, 0.1) is 0 Å². The van der Waals surface area contributed by atoms with E-state index in [0.29, 0.717) is 6.61 Å². The summed E-state index contributed by atoms with van der Waals surface area (Å²) in [5, 5.41) is 2.98. The van der Waals surface area contributed by atoms with Crippen LogP contribution in [0.3, 0.4) is 0 Å². The topological polar surface area (TPSA) is 70.8 Å². The molecule has 0 spiro atoms. The average Bonchev–Trinajstić information content (AvgIpc) is 3.05. The minimum atomic E-state index is 0.0505. The molecule has 2 aliphatic rings. The maximum Gasteiger partial charge on any atom is 0.227 e. The molecular formula is C19H30N4O2. The molecule has 0 radical (unpaired) electrons. The number of piperazine rings is 1. The summed E-state index contributed by atoms with van der Waals surface area (Å²) in [6.07, 6.45) is 2.62. The van der Waals surface area contributed by atoms with Crippen molar-refractivity contribution < 1.29 is 9.53 Å². The number of hydrogen-bond donors (Lipinski definition) is 2. The van der Waals surface area contributed by atoms with Gasteiger partial charge in [0, 0.05) is 50.4 Å². The molecule has 3 N–H and O–H groups in total. The number of nitrogens with one attached hydrogen (secondary N) is 1. The van der Waals surface area contributed by atoms with Gasteiger partial charge in [-0.25, -0.2) is 0 Å². The molecule has 1 amide bonds. The molecule has 0 bridgehead atoms. The van der Waals surface area contributed by atoms with Gasteiger partial charge in [0.2, 0.25) is 5.91 Å². The fourth-order valence-corrected chi connectivity index (χ4v) is 3.50. The third-order valence-corrected chi connectivity index (χ3v) is 5.24. The maximum atomic E-state index is 12.2. The first-order valence-electron chi connectivity index (χ1n) is 9.30. The Morgan fingerprint density at radius 1 is 1.20 bits per heavy atom. The highest BCUT2D eigenvalue weighted by Gasteiger charge is 2.27. The molecule has 6 nitrogen and oxygen atoms in total. The number of nitrogens with zero attached hydrogens (tertiary/aromatic N) is 2. The number of benzene rings is 1. The summed E-state index contributed by atoms with van der Waals surface area (Å²) in [6.45, 7) is 6.11. The lowest BCUT2D eigenvalue weighted by atomic mass is 10.1. The van der Waals surface area contributed by atoms with Crippen LogP contribution >= 0.6 is 0 Å². The first-order chi connectivity index (χ1) is 12.1. The summed E-state index contributed by atoms with van der Waals surface area (Å²) < 4.78 is 5.82. The fourth-order valence-electron chi connectivity index (χ4n) is 3.50. The van der Waals surface area contributed by atoms with Gasteiger partial charge >= 0.3 is 0 Å². The molecule has 138 valence electrons. The smallest absolute Gasteiger partial charge is 0.227 e. The van der Waals surface area contributed by atoms with Gasteiger partial charge in [-0.15, -0.1) is 0 Å². The Bertz CT molecular complexity index is 555. The number of amides is 1. The van der Waals surface area contributed by atoms with Crippen LogP contribution < -0.4 is 15.8 Å². The van der Waals surface area contributed by atoms with E-state index in [0.717, 1.165) is 63.4 Å². The van der Waals surface area contributed by atoms with Crippen LogP contribution in [-0.2, 0) is 4.79 Å². The van der Waals surface area contributed by atoms with Crippen molar-refractivity contribution in [1.82, 2.24) is 9.80 Å². The van der Waals surface area contributed by atoms with E-state index in [4.69, 9.17) is 10.5 Å². The van der Waals surface area contributed by atoms with Crippen molar-refractivity contribution >= 4 is 11.6 Å². The number of hydrogen-bond acceptors (Lipinski definition) is 5. The standard InChI is InChI=1S/C19H30N4O2/c1-22-8-10-23(11-9-22)12-13-25-18-6-4-17(5-7-18)21-19(24)15-2-3-16(20)14-15/h4-7,15-16H,2-3,8-14,20H2,1H3,(H,21,24). The van der Waals surface area contributed by atoms with Gasteiger partial charge in [-0.1, -0.05) is 0 Å². The van der Waals surface area contributed by atoms with Crippen molar-refractivity contribution in [2.45, 2.75) is 25.3 Å². The fraction of sp³-hybridized carbons (Fsp3) is 0.632. The highest BCUT2D eigenvalue weighted by Crippen LogP contribution is 2.26. The third-order valence-electron chi connectivity index (χ3n) is 5.24. The monoisotopic (exact) mass is 346 g/mol. The molecule has 6 heteroatoms. The molecule has 2 fully saturated rings. The lowest BCUT2D eigenvalue weighted by Crippen LogP contribution is -2.45. The minimum absolute atomic E-state index is 0.0505. The Labute approximate surface area is 150 Å². The van der Waals surface area contributed by atoms with E-state index in [9.17, 15) is 4.79 Å². The molecule has 2 unspecified atom stereocenters. The molecule has 1 saturated heterocycles. The first kappa shape index (κ1) is 18.2. The van der Waals surface area contributed by atoms with Gasteiger partial charge in [0.1, 0.15) is 12.4 Å². The normalized spacial score (nSPS) is 25.0. The predicted molar refractivity (Wildman–Crippen MR) is 99.8 cm³/mol. The van der Waals surface area contributed by atoms with E-state index in [2.05, 4.69) is 22.2 Å². The summed E-state index contributed by atoms with van der Waals surface area (Å²) in [4.78, 5) is 17.0. The van der Waals surface area contributed by atoms with Crippen molar-refractivity contribution in [2.75, 3.05) is 51.7 Å². The van der Waals surface area contributed by atoms with Gasteiger partial charge in [-0.2, -0.15) is 0 Å². The van der Waals surface area contributed by atoms with Gasteiger partial charge in [-0.05, 0) is 50.6 Å². The molecule has 1 aromatic rings. The van der Waals surface area contributed by atoms with Crippen LogP contribution in [0, 0.1) is 5.92 Å². The first-order valence-corrected chi connectivity index (χ1v) is 9.30. The Balaban J connectivity index is 1.39. The second-order valence-corrected chi connectivity index (χ2v) is 7.28. The largest absolute Gasteiger partial charge is 0.492 e. The Morgan fingerprint density at radius 2 is 1.92 bits per heavy atom. The summed E-state index contributed by atoms with van der Waals surface area (Å²) in [7, 11) is 2.16. The Hall–Kier alpha value is -1.63. The average molecular weight is 346 g/mol. The van der Waals surface area contributed by atoms with Crippen molar-refractivity contribution in [3.8, 4) is 5.75 Å². The number of likely N-dealkylation sites (N-methyl/N-ethyl adjacent to an activating group) is 1. The van der Waals surface area contributed by atoms with Crippen LogP contribution in [0.1, 0.15) is 19.3 Å². The zero-order chi connectivity index (χ0) is 17.6. The Kier molecular flexibility index (Phi) is 6.29. The maximum absolute atomic E-state index is 12.2. The molecule has 0 aromatic heterocycles. The number of rotatable bonds is 6. The SMILES string of the molecule is CN1CCN(CCOc2ccc(NC(=O)C3CCC(N)C3)cc2)CC1. The van der Waals surface area contributed by atoms with Crippen molar-refractivity contribution in [3.63, 3.8) is 0 Å². The zero-order valence-corrected chi connectivity index (χ0v) is 15.1. The second-order valence-electron chi connectivity index (χ2n) is 7.28.